The molecule has 1 amide bonds. The standard InChI is InChI=1S/C19H16ClNO4/c1-11(12-3-5-14(20)6-4-12)21-18(22)16-10-13-9-15(24-2)7-8-17(13)25-19(16)23/h3-11H,1-2H3,(H,21,22)/t11-/m1/s1. The molecule has 0 aliphatic carbocycles. The van der Waals surface area contributed by atoms with Crippen molar-refractivity contribution >= 4 is 28.5 Å². The molecule has 0 aliphatic heterocycles. The smallest absolute Gasteiger partial charge is 0.349 e. The molecule has 0 saturated heterocycles. The number of nitrogens with one attached hydrogen (secondary N) is 1. The molecule has 0 spiro atoms. The van der Waals surface area contributed by atoms with Crippen LogP contribution in [0.3, 0.4) is 0 Å². The van der Waals surface area contributed by atoms with Gasteiger partial charge in [0, 0.05) is 10.4 Å². The lowest BCUT2D eigenvalue weighted by Crippen LogP contribution is -2.30. The summed E-state index contributed by atoms with van der Waals surface area (Å²) >= 11 is 5.87. The first-order valence-corrected chi connectivity index (χ1v) is 8.04. The molecule has 0 unspecified atom stereocenters. The molecular weight excluding hydrogens is 342 g/mol. The van der Waals surface area contributed by atoms with Gasteiger partial charge in [-0.2, -0.15) is 0 Å². The number of carbonyl (C=O) groups is 1. The Morgan fingerprint density at radius 1 is 1.16 bits per heavy atom. The van der Waals surface area contributed by atoms with E-state index in [4.69, 9.17) is 20.8 Å². The number of benzene rings is 2. The van der Waals surface area contributed by atoms with E-state index < -0.39 is 11.5 Å². The Morgan fingerprint density at radius 3 is 2.56 bits per heavy atom. The summed E-state index contributed by atoms with van der Waals surface area (Å²) in [5.74, 6) is 0.114. The van der Waals surface area contributed by atoms with Crippen LogP contribution in [0.15, 0.2) is 57.7 Å². The van der Waals surface area contributed by atoms with Gasteiger partial charge in [-0.1, -0.05) is 23.7 Å². The van der Waals surface area contributed by atoms with Gasteiger partial charge in [-0.25, -0.2) is 4.79 Å². The quantitative estimate of drug-likeness (QED) is 0.718. The Kier molecular flexibility index (Phi) is 4.76. The van der Waals surface area contributed by atoms with Crippen LogP contribution in [0.5, 0.6) is 5.75 Å². The molecule has 0 bridgehead atoms. The maximum Gasteiger partial charge on any atom is 0.349 e. The predicted octanol–water partition coefficient (Wildman–Crippen LogP) is 3.95. The molecule has 2 aromatic carbocycles. The van der Waals surface area contributed by atoms with Crippen molar-refractivity contribution in [1.82, 2.24) is 5.32 Å². The van der Waals surface area contributed by atoms with Gasteiger partial charge >= 0.3 is 5.63 Å². The lowest BCUT2D eigenvalue weighted by molar-refractivity contribution is 0.0936. The van der Waals surface area contributed by atoms with Crippen molar-refractivity contribution in [1.29, 1.82) is 0 Å². The zero-order chi connectivity index (χ0) is 18.0. The topological polar surface area (TPSA) is 68.5 Å². The summed E-state index contributed by atoms with van der Waals surface area (Å²) < 4.78 is 10.4. The van der Waals surface area contributed by atoms with E-state index >= 15 is 0 Å². The van der Waals surface area contributed by atoms with Gasteiger partial charge < -0.3 is 14.5 Å². The minimum atomic E-state index is -0.682. The normalized spacial score (nSPS) is 12.0. The van der Waals surface area contributed by atoms with Gasteiger partial charge in [0.05, 0.1) is 13.2 Å². The zero-order valence-electron chi connectivity index (χ0n) is 13.7. The Hall–Kier alpha value is -2.79. The van der Waals surface area contributed by atoms with Crippen molar-refractivity contribution in [2.75, 3.05) is 7.11 Å². The van der Waals surface area contributed by atoms with E-state index in [1.54, 1.807) is 37.4 Å². The van der Waals surface area contributed by atoms with Crippen LogP contribution in [0.25, 0.3) is 11.0 Å². The van der Waals surface area contributed by atoms with Crippen molar-refractivity contribution in [3.8, 4) is 5.75 Å². The number of carbonyl (C=O) groups excluding carboxylic acids is 1. The molecule has 0 radical (unpaired) electrons. The van der Waals surface area contributed by atoms with Gasteiger partial charge in [-0.3, -0.25) is 4.79 Å². The zero-order valence-corrected chi connectivity index (χ0v) is 14.5. The molecule has 0 saturated carbocycles. The van der Waals surface area contributed by atoms with Crippen LogP contribution in [-0.4, -0.2) is 13.0 Å². The fraction of sp³-hybridized carbons (Fsp3) is 0.158. The first-order chi connectivity index (χ1) is 12.0. The van der Waals surface area contributed by atoms with Gasteiger partial charge in [-0.15, -0.1) is 0 Å². The third-order valence-corrected chi connectivity index (χ3v) is 4.15. The summed E-state index contributed by atoms with van der Waals surface area (Å²) in [6.45, 7) is 1.83. The number of halogens is 1. The van der Waals surface area contributed by atoms with Gasteiger partial charge in [0.1, 0.15) is 16.9 Å². The number of methoxy groups -OCH3 is 1. The summed E-state index contributed by atoms with van der Waals surface area (Å²) in [6, 6.07) is 13.4. The second-order valence-electron chi connectivity index (χ2n) is 5.60. The molecule has 1 heterocycles. The fourth-order valence-corrected chi connectivity index (χ4v) is 2.62. The van der Waals surface area contributed by atoms with E-state index in [-0.39, 0.29) is 11.6 Å². The number of amides is 1. The highest BCUT2D eigenvalue weighted by atomic mass is 35.5. The second kappa shape index (κ2) is 6.99. The van der Waals surface area contributed by atoms with E-state index in [0.717, 1.165) is 5.56 Å². The van der Waals surface area contributed by atoms with E-state index in [1.165, 1.54) is 6.07 Å². The molecule has 1 atom stereocenters. The molecule has 6 heteroatoms. The van der Waals surface area contributed by atoms with Crippen molar-refractivity contribution in [3.05, 3.63) is 75.1 Å². The molecule has 25 heavy (non-hydrogen) atoms. The molecule has 1 N–H and O–H groups in total. The van der Waals surface area contributed by atoms with Crippen LogP contribution in [0.2, 0.25) is 5.02 Å². The Labute approximate surface area is 149 Å². The monoisotopic (exact) mass is 357 g/mol. The summed E-state index contributed by atoms with van der Waals surface area (Å²) in [4.78, 5) is 24.6. The summed E-state index contributed by atoms with van der Waals surface area (Å²) in [7, 11) is 1.54. The maximum absolute atomic E-state index is 12.5. The van der Waals surface area contributed by atoms with Crippen molar-refractivity contribution in [2.45, 2.75) is 13.0 Å². The van der Waals surface area contributed by atoms with Crippen molar-refractivity contribution < 1.29 is 13.9 Å². The highest BCUT2D eigenvalue weighted by Gasteiger charge is 2.17. The highest BCUT2D eigenvalue weighted by molar-refractivity contribution is 6.30. The SMILES string of the molecule is COc1ccc2oc(=O)c(C(=O)N[C@H](C)c3ccc(Cl)cc3)cc2c1. The van der Waals surface area contributed by atoms with Crippen LogP contribution in [0, 0.1) is 0 Å². The van der Waals surface area contributed by atoms with Crippen LogP contribution >= 0.6 is 11.6 Å². The Bertz CT molecular complexity index is 979. The van der Waals surface area contributed by atoms with Gasteiger partial charge in [0.25, 0.3) is 5.91 Å². The van der Waals surface area contributed by atoms with Crippen LogP contribution in [-0.2, 0) is 0 Å². The van der Waals surface area contributed by atoms with E-state index in [2.05, 4.69) is 5.32 Å². The largest absolute Gasteiger partial charge is 0.497 e. The molecule has 0 fully saturated rings. The van der Waals surface area contributed by atoms with Crippen LogP contribution in [0.4, 0.5) is 0 Å². The molecule has 3 aromatic rings. The minimum Gasteiger partial charge on any atom is -0.497 e. The molecule has 1 aromatic heterocycles. The first-order valence-electron chi connectivity index (χ1n) is 7.66. The lowest BCUT2D eigenvalue weighted by Gasteiger charge is -2.14. The molecular formula is C19H16ClNO4. The summed E-state index contributed by atoms with van der Waals surface area (Å²) in [5.41, 5.74) is 0.540. The van der Waals surface area contributed by atoms with Gasteiger partial charge in [-0.05, 0) is 48.9 Å². The number of hydrogen-bond acceptors (Lipinski definition) is 4. The molecule has 3 rings (SSSR count). The molecule has 0 aliphatic rings. The Morgan fingerprint density at radius 2 is 1.88 bits per heavy atom. The average Bonchev–Trinajstić information content (AvgIpc) is 2.61. The van der Waals surface area contributed by atoms with E-state index in [9.17, 15) is 9.59 Å². The molecule has 128 valence electrons. The highest BCUT2D eigenvalue weighted by Crippen LogP contribution is 2.21. The minimum absolute atomic E-state index is 0.0541. The number of ether oxygens (including phenoxy) is 1. The van der Waals surface area contributed by atoms with Crippen molar-refractivity contribution in [3.63, 3.8) is 0 Å². The van der Waals surface area contributed by atoms with E-state index in [1.807, 2.05) is 19.1 Å². The predicted molar refractivity (Wildman–Crippen MR) is 96.4 cm³/mol. The fourth-order valence-electron chi connectivity index (χ4n) is 2.50. The number of hydrogen-bond donors (Lipinski definition) is 1. The van der Waals surface area contributed by atoms with Gasteiger partial charge in [0.15, 0.2) is 0 Å². The van der Waals surface area contributed by atoms with Crippen LogP contribution < -0.4 is 15.7 Å². The third-order valence-electron chi connectivity index (χ3n) is 3.90. The lowest BCUT2D eigenvalue weighted by atomic mass is 10.1. The molecule has 5 nitrogen and oxygen atoms in total. The number of fused-ring (bicyclic) bond motifs is 1. The van der Waals surface area contributed by atoms with E-state index in [0.29, 0.717) is 21.7 Å². The number of rotatable bonds is 4. The van der Waals surface area contributed by atoms with Crippen molar-refractivity contribution in [2.24, 2.45) is 0 Å². The van der Waals surface area contributed by atoms with Gasteiger partial charge in [0.2, 0.25) is 0 Å². The first kappa shape index (κ1) is 17.0. The average molecular weight is 358 g/mol. The van der Waals surface area contributed by atoms with Crippen LogP contribution in [0.1, 0.15) is 28.9 Å². The Balaban J connectivity index is 1.89. The maximum atomic E-state index is 12.5. The summed E-state index contributed by atoms with van der Waals surface area (Å²) in [5, 5.41) is 4.02. The summed E-state index contributed by atoms with van der Waals surface area (Å²) in [6.07, 6.45) is 0. The second-order valence-corrected chi connectivity index (χ2v) is 6.03. The third kappa shape index (κ3) is 3.67.